The second kappa shape index (κ2) is 8.31. The minimum absolute atomic E-state index is 0.140. The van der Waals surface area contributed by atoms with Crippen LogP contribution < -0.4 is 5.32 Å². The molecule has 3 rings (SSSR count). The molecule has 0 saturated heterocycles. The third-order valence-electron chi connectivity index (χ3n) is 4.18. The number of alkyl halides is 3. The summed E-state index contributed by atoms with van der Waals surface area (Å²) < 4.78 is 50.2. The van der Waals surface area contributed by atoms with Crippen LogP contribution in [0.2, 0.25) is 5.15 Å². The van der Waals surface area contributed by atoms with Crippen molar-refractivity contribution in [2.45, 2.75) is 43.8 Å². The van der Waals surface area contributed by atoms with Crippen LogP contribution in [0.4, 0.5) is 18.9 Å². The molecule has 1 unspecified atom stereocenters. The van der Waals surface area contributed by atoms with Crippen LogP contribution in [0.3, 0.4) is 0 Å². The number of benzene rings is 1. The lowest BCUT2D eigenvalue weighted by Gasteiger charge is -2.16. The molecule has 9 heteroatoms. The number of hydrogen-bond acceptors (Lipinski definition) is 3. The minimum atomic E-state index is -4.50. The van der Waals surface area contributed by atoms with Crippen LogP contribution in [0.5, 0.6) is 0 Å². The topological polar surface area (TPSA) is 60.3 Å². The number of amidine groups is 1. The lowest BCUT2D eigenvalue weighted by molar-refractivity contribution is -0.106. The molecule has 0 amide bonds. The number of pyridine rings is 1. The van der Waals surface area contributed by atoms with Gasteiger partial charge in [-0.05, 0) is 61.6 Å². The second-order valence-electron chi connectivity index (χ2n) is 6.76. The number of aryl methyl sites for hydroxylation is 2. The molecule has 1 aliphatic rings. The Hall–Kier alpha value is -1.77. The first-order valence-corrected chi connectivity index (χ1v) is 10.4. The Morgan fingerprint density at radius 2 is 2.00 bits per heavy atom. The summed E-state index contributed by atoms with van der Waals surface area (Å²) in [5.74, 6) is -0.819. The van der Waals surface area contributed by atoms with Crippen LogP contribution in [0.1, 0.15) is 29.5 Å². The molecule has 0 aliphatic heterocycles. The van der Waals surface area contributed by atoms with Gasteiger partial charge >= 0.3 is 6.18 Å². The minimum Gasteiger partial charge on any atom is -0.611 e. The smallest absolute Gasteiger partial charge is 0.433 e. The van der Waals surface area contributed by atoms with Gasteiger partial charge in [-0.25, -0.2) is 9.98 Å². The summed E-state index contributed by atoms with van der Waals surface area (Å²) in [6.45, 7) is 3.47. The molecular weight excluding hydrogens is 411 g/mol. The van der Waals surface area contributed by atoms with Gasteiger partial charge in [0.05, 0.1) is 5.69 Å². The zero-order valence-electron chi connectivity index (χ0n) is 15.3. The SMILES string of the molecule is Cc1cc(C)c([S+]([O-])CC(F)(F)F)cc1/N=C(\NC1CC1)c1ccc(Cl)nc1. The monoisotopic (exact) mass is 429 g/mol. The number of rotatable bonds is 5. The molecule has 1 fully saturated rings. The van der Waals surface area contributed by atoms with Crippen LogP contribution >= 0.6 is 11.6 Å². The molecule has 1 saturated carbocycles. The van der Waals surface area contributed by atoms with E-state index in [9.17, 15) is 17.7 Å². The number of aromatic nitrogens is 1. The summed E-state index contributed by atoms with van der Waals surface area (Å²) >= 11 is 3.66. The van der Waals surface area contributed by atoms with Crippen molar-refractivity contribution in [2.24, 2.45) is 4.99 Å². The molecule has 1 aromatic heterocycles. The molecule has 1 atom stereocenters. The Morgan fingerprint density at radius 3 is 2.57 bits per heavy atom. The third-order valence-corrected chi connectivity index (χ3v) is 5.93. The van der Waals surface area contributed by atoms with Crippen molar-refractivity contribution in [1.29, 1.82) is 0 Å². The lowest BCUT2D eigenvalue weighted by Crippen LogP contribution is -2.26. The van der Waals surface area contributed by atoms with Crippen LogP contribution in [-0.2, 0) is 11.2 Å². The standard InChI is InChI=1S/C19H19ClF3N3OS/c1-11-7-12(2)16(28(27)10-19(21,22)23)8-15(11)26-18(25-14-4-5-14)13-3-6-17(20)24-9-13/h3,6-9,14H,4-5,10H2,1-2H3,(H,25,26). The number of halogens is 4. The number of aliphatic imine (C=N–C) groups is 1. The largest absolute Gasteiger partial charge is 0.611 e. The summed E-state index contributed by atoms with van der Waals surface area (Å²) in [4.78, 5) is 8.83. The van der Waals surface area contributed by atoms with Crippen molar-refractivity contribution in [3.63, 3.8) is 0 Å². The average molecular weight is 430 g/mol. The van der Waals surface area contributed by atoms with E-state index in [2.05, 4.69) is 15.3 Å². The van der Waals surface area contributed by atoms with E-state index >= 15 is 0 Å². The number of nitrogens with one attached hydrogen (secondary N) is 1. The lowest BCUT2D eigenvalue weighted by atomic mass is 10.1. The van der Waals surface area contributed by atoms with Gasteiger partial charge in [0, 0.05) is 29.4 Å². The normalized spacial score (nSPS) is 16.2. The fraction of sp³-hybridized carbons (Fsp3) is 0.368. The van der Waals surface area contributed by atoms with E-state index in [-0.39, 0.29) is 4.90 Å². The van der Waals surface area contributed by atoms with Crippen LogP contribution in [0.25, 0.3) is 0 Å². The maximum Gasteiger partial charge on any atom is 0.433 e. The van der Waals surface area contributed by atoms with Gasteiger partial charge in [0.15, 0.2) is 4.90 Å². The van der Waals surface area contributed by atoms with E-state index in [1.807, 2.05) is 6.92 Å². The molecule has 1 aromatic carbocycles. The molecule has 28 heavy (non-hydrogen) atoms. The van der Waals surface area contributed by atoms with Crippen molar-refractivity contribution in [3.8, 4) is 0 Å². The third kappa shape index (κ3) is 5.62. The Labute approximate surface area is 169 Å². The van der Waals surface area contributed by atoms with Gasteiger partial charge in [-0.1, -0.05) is 11.6 Å². The Morgan fingerprint density at radius 1 is 1.29 bits per heavy atom. The second-order valence-corrected chi connectivity index (χ2v) is 8.56. The molecule has 1 aliphatic carbocycles. The fourth-order valence-corrected chi connectivity index (χ4v) is 3.88. The van der Waals surface area contributed by atoms with Crippen LogP contribution in [0.15, 0.2) is 40.4 Å². The molecule has 0 bridgehead atoms. The van der Waals surface area contributed by atoms with Crippen molar-refractivity contribution < 1.29 is 17.7 Å². The van der Waals surface area contributed by atoms with Gasteiger partial charge in [-0.15, -0.1) is 0 Å². The maximum absolute atomic E-state index is 12.7. The summed E-state index contributed by atoms with van der Waals surface area (Å²) in [6, 6.07) is 6.91. The zero-order chi connectivity index (χ0) is 20.5. The van der Waals surface area contributed by atoms with Gasteiger partial charge < -0.3 is 9.87 Å². The van der Waals surface area contributed by atoms with Crippen molar-refractivity contribution in [2.75, 3.05) is 5.75 Å². The average Bonchev–Trinajstić information content (AvgIpc) is 3.39. The molecule has 1 heterocycles. The summed E-state index contributed by atoms with van der Waals surface area (Å²) in [7, 11) is 0. The summed E-state index contributed by atoms with van der Waals surface area (Å²) in [5.41, 5.74) is 2.51. The number of hydrogen-bond donors (Lipinski definition) is 1. The first-order valence-electron chi connectivity index (χ1n) is 8.66. The predicted octanol–water partition coefficient (Wildman–Crippen LogP) is 4.85. The predicted molar refractivity (Wildman–Crippen MR) is 105 cm³/mol. The van der Waals surface area contributed by atoms with E-state index in [1.165, 1.54) is 6.07 Å². The molecule has 1 N–H and O–H groups in total. The Balaban J connectivity index is 1.99. The summed E-state index contributed by atoms with van der Waals surface area (Å²) in [6.07, 6.45) is -0.871. The van der Waals surface area contributed by atoms with Gasteiger partial charge in [-0.2, -0.15) is 13.2 Å². The van der Waals surface area contributed by atoms with Gasteiger partial charge in [0.2, 0.25) is 5.75 Å². The van der Waals surface area contributed by atoms with E-state index in [0.29, 0.717) is 33.8 Å². The molecule has 0 radical (unpaired) electrons. The highest BCUT2D eigenvalue weighted by molar-refractivity contribution is 7.91. The molecular formula is C19H19ClF3N3OS. The fourth-order valence-electron chi connectivity index (χ4n) is 2.65. The number of nitrogens with zero attached hydrogens (tertiary/aromatic N) is 2. The Bertz CT molecular complexity index is 883. The molecule has 2 aromatic rings. The van der Waals surface area contributed by atoms with Crippen LogP contribution in [0, 0.1) is 13.8 Å². The highest BCUT2D eigenvalue weighted by atomic mass is 35.5. The first kappa shape index (κ1) is 21.0. The van der Waals surface area contributed by atoms with Crippen LogP contribution in [-0.4, -0.2) is 33.3 Å². The molecule has 4 nitrogen and oxygen atoms in total. The van der Waals surface area contributed by atoms with E-state index in [1.54, 1.807) is 31.3 Å². The van der Waals surface area contributed by atoms with E-state index in [4.69, 9.17) is 11.6 Å². The van der Waals surface area contributed by atoms with Gasteiger partial charge in [-0.3, -0.25) is 0 Å². The quantitative estimate of drug-likeness (QED) is 0.320. The molecule has 150 valence electrons. The van der Waals surface area contributed by atoms with Gasteiger partial charge in [0.25, 0.3) is 0 Å². The van der Waals surface area contributed by atoms with Crippen molar-refractivity contribution in [1.82, 2.24) is 10.3 Å². The highest BCUT2D eigenvalue weighted by Crippen LogP contribution is 2.31. The van der Waals surface area contributed by atoms with Gasteiger partial charge in [0.1, 0.15) is 11.0 Å². The zero-order valence-corrected chi connectivity index (χ0v) is 16.9. The highest BCUT2D eigenvalue weighted by Gasteiger charge is 2.36. The van der Waals surface area contributed by atoms with E-state index in [0.717, 1.165) is 18.4 Å². The Kier molecular flexibility index (Phi) is 6.21. The first-order chi connectivity index (χ1) is 13.1. The van der Waals surface area contributed by atoms with Crippen molar-refractivity contribution in [3.05, 3.63) is 52.3 Å². The summed E-state index contributed by atoms with van der Waals surface area (Å²) in [5, 5.41) is 3.67. The maximum atomic E-state index is 12.7. The molecule has 0 spiro atoms. The van der Waals surface area contributed by atoms with Crippen molar-refractivity contribution >= 4 is 34.3 Å². The van der Waals surface area contributed by atoms with E-state index < -0.39 is 23.1 Å².